The molecule has 8 heteroatoms. The molecule has 1 heterocycles. The summed E-state index contributed by atoms with van der Waals surface area (Å²) in [6.45, 7) is 0. The minimum atomic E-state index is -3.40. The number of hydrogen-bond acceptors (Lipinski definition) is 5. The molecule has 0 bridgehead atoms. The Morgan fingerprint density at radius 3 is 2.64 bits per heavy atom. The Hall–Kier alpha value is -1.12. The summed E-state index contributed by atoms with van der Waals surface area (Å²) in [5.41, 5.74) is 0.172. The number of anilines is 1. The molecular weight excluding hydrogens is 207 g/mol. The van der Waals surface area contributed by atoms with Gasteiger partial charge in [-0.15, -0.1) is 0 Å². The van der Waals surface area contributed by atoms with E-state index >= 15 is 0 Å². The molecule has 0 radical (unpaired) electrons. The van der Waals surface area contributed by atoms with Crippen molar-refractivity contribution in [1.82, 2.24) is 4.98 Å². The lowest BCUT2D eigenvalue weighted by Crippen LogP contribution is -2.30. The third kappa shape index (κ3) is 3.33. The summed E-state index contributed by atoms with van der Waals surface area (Å²) in [5, 5.41) is 17.6. The van der Waals surface area contributed by atoms with E-state index in [0.29, 0.717) is 0 Å². The average Bonchev–Trinajstić information content (AvgIpc) is 2.01. The highest BCUT2D eigenvalue weighted by atomic mass is 32.2. The summed E-state index contributed by atoms with van der Waals surface area (Å²) < 4.78 is 23.7. The molecule has 0 amide bonds. The highest BCUT2D eigenvalue weighted by Gasteiger charge is 2.12. The Morgan fingerprint density at radius 1 is 1.50 bits per heavy atom. The average molecular weight is 216 g/mol. The van der Waals surface area contributed by atoms with Gasteiger partial charge >= 0.3 is 7.12 Å². The summed E-state index contributed by atoms with van der Waals surface area (Å²) in [6, 6.07) is 2.61. The van der Waals surface area contributed by atoms with Gasteiger partial charge in [0.15, 0.2) is 0 Å². The van der Waals surface area contributed by atoms with Crippen molar-refractivity contribution in [3.63, 3.8) is 0 Å². The molecule has 0 aromatic carbocycles. The maximum Gasteiger partial charge on any atom is 0.488 e. The second-order valence-electron chi connectivity index (χ2n) is 2.72. The van der Waals surface area contributed by atoms with Gasteiger partial charge in [-0.25, -0.2) is 13.4 Å². The Labute approximate surface area is 81.8 Å². The first-order valence-corrected chi connectivity index (χ1v) is 5.57. The lowest BCUT2D eigenvalue weighted by Gasteiger charge is -2.04. The fourth-order valence-corrected chi connectivity index (χ4v) is 1.34. The quantitative estimate of drug-likeness (QED) is 0.514. The molecule has 0 atom stereocenters. The summed E-state index contributed by atoms with van der Waals surface area (Å²) in [5.74, 6) is 0.0538. The van der Waals surface area contributed by atoms with Crippen LogP contribution in [0.3, 0.4) is 0 Å². The second kappa shape index (κ2) is 3.95. The van der Waals surface area contributed by atoms with Gasteiger partial charge in [-0.1, -0.05) is 0 Å². The number of hydrogen-bond donors (Lipinski definition) is 3. The van der Waals surface area contributed by atoms with Crippen molar-refractivity contribution >= 4 is 28.4 Å². The number of sulfonamides is 1. The first-order chi connectivity index (χ1) is 6.38. The Bertz CT molecular complexity index is 420. The summed E-state index contributed by atoms with van der Waals surface area (Å²) in [4.78, 5) is 3.69. The smallest absolute Gasteiger partial charge is 0.423 e. The van der Waals surface area contributed by atoms with Crippen LogP contribution in [0.25, 0.3) is 0 Å². The van der Waals surface area contributed by atoms with Crippen LogP contribution in [-0.2, 0) is 10.0 Å². The van der Waals surface area contributed by atoms with Gasteiger partial charge in [0.25, 0.3) is 0 Å². The van der Waals surface area contributed by atoms with Crippen molar-refractivity contribution < 1.29 is 18.5 Å². The molecule has 0 aliphatic rings. The van der Waals surface area contributed by atoms with Crippen LogP contribution >= 0.6 is 0 Å². The number of pyridine rings is 1. The topological polar surface area (TPSA) is 99.5 Å². The molecule has 0 unspecified atom stereocenters. The number of rotatable bonds is 3. The van der Waals surface area contributed by atoms with Crippen LogP contribution in [0, 0.1) is 0 Å². The Kier molecular flexibility index (Phi) is 3.09. The van der Waals surface area contributed by atoms with E-state index in [2.05, 4.69) is 9.71 Å². The Morgan fingerprint density at radius 2 is 2.14 bits per heavy atom. The zero-order valence-electron chi connectivity index (χ0n) is 7.38. The fourth-order valence-electron chi connectivity index (χ4n) is 0.853. The molecule has 1 aromatic heterocycles. The van der Waals surface area contributed by atoms with Gasteiger partial charge in [-0.2, -0.15) is 0 Å². The highest BCUT2D eigenvalue weighted by Crippen LogP contribution is 2.00. The first-order valence-electron chi connectivity index (χ1n) is 3.68. The normalized spacial score (nSPS) is 11.1. The monoisotopic (exact) mass is 216 g/mol. The van der Waals surface area contributed by atoms with E-state index in [9.17, 15) is 8.42 Å². The number of aromatic nitrogens is 1. The van der Waals surface area contributed by atoms with Crippen molar-refractivity contribution in [2.45, 2.75) is 0 Å². The standard InChI is InChI=1S/C6H9BN2O4S/c1-14(12,13)9-6-4-5(7(10)11)2-3-8-6/h2-4,10-11H,1H3,(H,8,9). The van der Waals surface area contributed by atoms with E-state index < -0.39 is 17.1 Å². The molecule has 0 aliphatic heterocycles. The van der Waals surface area contributed by atoms with Crippen LogP contribution in [0.5, 0.6) is 0 Å². The third-order valence-corrected chi connectivity index (χ3v) is 1.95. The molecule has 0 aliphatic carbocycles. The molecular formula is C6H9BN2O4S. The van der Waals surface area contributed by atoms with E-state index in [4.69, 9.17) is 10.0 Å². The first kappa shape index (κ1) is 11.0. The van der Waals surface area contributed by atoms with E-state index in [1.54, 1.807) is 0 Å². The lowest BCUT2D eigenvalue weighted by atomic mass is 9.81. The molecule has 1 rings (SSSR count). The van der Waals surface area contributed by atoms with Crippen LogP contribution in [0.1, 0.15) is 0 Å². The predicted molar refractivity (Wildman–Crippen MR) is 52.5 cm³/mol. The minimum absolute atomic E-state index is 0.0538. The van der Waals surface area contributed by atoms with Crippen LogP contribution in [0.2, 0.25) is 0 Å². The minimum Gasteiger partial charge on any atom is -0.423 e. The summed E-state index contributed by atoms with van der Waals surface area (Å²) in [6.07, 6.45) is 2.26. The molecule has 0 saturated heterocycles. The van der Waals surface area contributed by atoms with Crippen LogP contribution in [-0.4, -0.2) is 36.8 Å². The van der Waals surface area contributed by atoms with Crippen LogP contribution < -0.4 is 10.2 Å². The van der Waals surface area contributed by atoms with Crippen molar-refractivity contribution in [3.8, 4) is 0 Å². The molecule has 0 spiro atoms. The molecule has 76 valence electrons. The van der Waals surface area contributed by atoms with E-state index in [-0.39, 0.29) is 11.3 Å². The van der Waals surface area contributed by atoms with Gasteiger partial charge in [0, 0.05) is 6.20 Å². The lowest BCUT2D eigenvalue weighted by molar-refractivity contribution is 0.425. The van der Waals surface area contributed by atoms with Crippen molar-refractivity contribution in [2.75, 3.05) is 11.0 Å². The fraction of sp³-hybridized carbons (Fsp3) is 0.167. The van der Waals surface area contributed by atoms with Crippen LogP contribution in [0.15, 0.2) is 18.3 Å². The SMILES string of the molecule is CS(=O)(=O)Nc1cc(B(O)O)ccn1. The van der Waals surface area contributed by atoms with E-state index in [1.807, 2.05) is 0 Å². The largest absolute Gasteiger partial charge is 0.488 e. The van der Waals surface area contributed by atoms with Gasteiger partial charge in [-0.3, -0.25) is 4.72 Å². The third-order valence-electron chi connectivity index (χ3n) is 1.37. The molecule has 3 N–H and O–H groups in total. The van der Waals surface area contributed by atoms with Gasteiger partial charge in [-0.05, 0) is 17.6 Å². The Balaban J connectivity index is 2.95. The molecule has 14 heavy (non-hydrogen) atoms. The second-order valence-corrected chi connectivity index (χ2v) is 4.47. The predicted octanol–water partition coefficient (Wildman–Crippen LogP) is -1.87. The van der Waals surface area contributed by atoms with Gasteiger partial charge in [0.1, 0.15) is 5.82 Å². The van der Waals surface area contributed by atoms with Gasteiger partial charge < -0.3 is 10.0 Å². The molecule has 0 fully saturated rings. The number of nitrogens with one attached hydrogen (secondary N) is 1. The number of nitrogens with zero attached hydrogens (tertiary/aromatic N) is 1. The summed E-state index contributed by atoms with van der Waals surface area (Å²) >= 11 is 0. The molecule has 6 nitrogen and oxygen atoms in total. The van der Waals surface area contributed by atoms with Gasteiger partial charge in [0.2, 0.25) is 10.0 Å². The zero-order valence-corrected chi connectivity index (χ0v) is 8.19. The zero-order chi connectivity index (χ0) is 10.8. The van der Waals surface area contributed by atoms with Crippen molar-refractivity contribution in [3.05, 3.63) is 18.3 Å². The maximum absolute atomic E-state index is 10.8. The van der Waals surface area contributed by atoms with E-state index in [0.717, 1.165) is 6.26 Å². The maximum atomic E-state index is 10.8. The van der Waals surface area contributed by atoms with Gasteiger partial charge in [0.05, 0.1) is 6.26 Å². The molecule has 1 aromatic rings. The van der Waals surface area contributed by atoms with Crippen molar-refractivity contribution in [2.24, 2.45) is 0 Å². The van der Waals surface area contributed by atoms with Crippen molar-refractivity contribution in [1.29, 1.82) is 0 Å². The highest BCUT2D eigenvalue weighted by molar-refractivity contribution is 7.92. The summed E-state index contributed by atoms with van der Waals surface area (Å²) in [7, 11) is -5.04. The van der Waals surface area contributed by atoms with E-state index in [1.165, 1.54) is 18.3 Å². The van der Waals surface area contributed by atoms with Crippen LogP contribution in [0.4, 0.5) is 5.82 Å². The molecule has 0 saturated carbocycles.